The SMILES string of the molecule is O=c1cc(O)nccc[nH][nH]1. The van der Waals surface area contributed by atoms with Gasteiger partial charge >= 0.3 is 0 Å². The Hall–Kier alpha value is -1.78. The van der Waals surface area contributed by atoms with Crippen LogP contribution in [0, 0.1) is 0 Å². The van der Waals surface area contributed by atoms with Gasteiger partial charge in [0.25, 0.3) is 5.56 Å². The summed E-state index contributed by atoms with van der Waals surface area (Å²) in [5.74, 6) is -0.323. The van der Waals surface area contributed by atoms with Gasteiger partial charge in [0.1, 0.15) is 0 Å². The minimum Gasteiger partial charge on any atom is -0.493 e. The number of aromatic nitrogens is 3. The zero-order valence-electron chi connectivity index (χ0n) is 5.61. The number of nitrogens with one attached hydrogen (secondary N) is 2. The van der Waals surface area contributed by atoms with Crippen molar-refractivity contribution in [1.29, 1.82) is 0 Å². The van der Waals surface area contributed by atoms with Gasteiger partial charge in [-0.3, -0.25) is 9.89 Å². The second-order valence-corrected chi connectivity index (χ2v) is 1.77. The minimum absolute atomic E-state index is 0.323. The number of hydrogen-bond donors (Lipinski definition) is 3. The highest BCUT2D eigenvalue weighted by Gasteiger charge is 1.81. The van der Waals surface area contributed by atoms with Crippen molar-refractivity contribution in [2.45, 2.75) is 0 Å². The molecule has 0 aliphatic carbocycles. The summed E-state index contributed by atoms with van der Waals surface area (Å²) < 4.78 is 0. The van der Waals surface area contributed by atoms with Crippen LogP contribution in [-0.4, -0.2) is 20.3 Å². The molecule has 0 spiro atoms. The van der Waals surface area contributed by atoms with Crippen LogP contribution in [0.2, 0.25) is 0 Å². The smallest absolute Gasteiger partial charge is 0.267 e. The Balaban J connectivity index is 3.37. The zero-order chi connectivity index (χ0) is 8.10. The maximum atomic E-state index is 10.7. The van der Waals surface area contributed by atoms with Gasteiger partial charge in [-0.2, -0.15) is 0 Å². The third-order valence-corrected chi connectivity index (χ3v) is 0.928. The summed E-state index contributed by atoms with van der Waals surface area (Å²) in [4.78, 5) is 14.2. The third kappa shape index (κ3) is 2.53. The third-order valence-electron chi connectivity index (χ3n) is 0.928. The molecule has 1 heterocycles. The fourth-order valence-corrected chi connectivity index (χ4v) is 0.514. The molecule has 0 bridgehead atoms. The fraction of sp³-hybridized carbons (Fsp3) is 0. The molecule has 0 aliphatic rings. The van der Waals surface area contributed by atoms with E-state index in [0.29, 0.717) is 0 Å². The quantitative estimate of drug-likeness (QED) is 0.488. The average Bonchev–Trinajstić information content (AvgIpc) is 2.02. The Morgan fingerprint density at radius 2 is 2.36 bits per heavy atom. The van der Waals surface area contributed by atoms with Crippen LogP contribution in [0.3, 0.4) is 0 Å². The van der Waals surface area contributed by atoms with E-state index >= 15 is 0 Å². The summed E-state index contributed by atoms with van der Waals surface area (Å²) in [6.07, 6.45) is 2.84. The molecule has 0 radical (unpaired) electrons. The number of aromatic hydroxyl groups is 1. The van der Waals surface area contributed by atoms with E-state index in [1.807, 2.05) is 0 Å². The lowest BCUT2D eigenvalue weighted by molar-refractivity contribution is 0.453. The van der Waals surface area contributed by atoms with Gasteiger partial charge < -0.3 is 10.2 Å². The van der Waals surface area contributed by atoms with Crippen LogP contribution in [0.5, 0.6) is 5.88 Å². The van der Waals surface area contributed by atoms with Gasteiger partial charge in [0, 0.05) is 12.4 Å². The molecule has 0 aromatic carbocycles. The summed E-state index contributed by atoms with van der Waals surface area (Å²) in [5.41, 5.74) is -0.453. The molecule has 0 saturated carbocycles. The zero-order valence-corrected chi connectivity index (χ0v) is 5.61. The van der Waals surface area contributed by atoms with Gasteiger partial charge in [0.05, 0.1) is 6.07 Å². The standard InChI is InChI=1S/C6H7N3O2/c10-5-4-6(11)9-8-3-1-2-7-5/h1-4,8,10H,(H,9,11). The maximum Gasteiger partial charge on any atom is 0.267 e. The van der Waals surface area contributed by atoms with Crippen LogP contribution in [-0.2, 0) is 0 Å². The van der Waals surface area contributed by atoms with Crippen LogP contribution < -0.4 is 5.56 Å². The van der Waals surface area contributed by atoms with Crippen molar-refractivity contribution in [2.75, 3.05) is 0 Å². The predicted molar refractivity (Wildman–Crippen MR) is 38.5 cm³/mol. The Morgan fingerprint density at radius 3 is 3.18 bits per heavy atom. The molecule has 1 aromatic rings. The van der Waals surface area contributed by atoms with Crippen molar-refractivity contribution in [3.05, 3.63) is 34.9 Å². The molecule has 0 saturated heterocycles. The molecule has 0 fully saturated rings. The highest BCUT2D eigenvalue weighted by atomic mass is 16.3. The summed E-state index contributed by atoms with van der Waals surface area (Å²) in [6.45, 7) is 0. The van der Waals surface area contributed by atoms with E-state index in [4.69, 9.17) is 5.11 Å². The first-order valence-corrected chi connectivity index (χ1v) is 2.94. The summed E-state index contributed by atoms with van der Waals surface area (Å²) in [7, 11) is 0. The Morgan fingerprint density at radius 1 is 1.55 bits per heavy atom. The van der Waals surface area contributed by atoms with Crippen molar-refractivity contribution in [2.24, 2.45) is 0 Å². The maximum absolute atomic E-state index is 10.7. The molecular formula is C6H7N3O2. The topological polar surface area (TPSA) is 81.8 Å². The minimum atomic E-state index is -0.453. The van der Waals surface area contributed by atoms with Gasteiger partial charge in [-0.1, -0.05) is 0 Å². The number of hydrogen-bond acceptors (Lipinski definition) is 3. The average molecular weight is 153 g/mol. The van der Waals surface area contributed by atoms with Crippen LogP contribution >= 0.6 is 0 Å². The molecule has 11 heavy (non-hydrogen) atoms. The van der Waals surface area contributed by atoms with Crippen LogP contribution in [0.15, 0.2) is 29.3 Å². The van der Waals surface area contributed by atoms with E-state index in [9.17, 15) is 4.79 Å². The molecule has 0 amide bonds. The lowest BCUT2D eigenvalue weighted by Crippen LogP contribution is -2.00. The molecule has 0 unspecified atom stereocenters. The second-order valence-electron chi connectivity index (χ2n) is 1.77. The van der Waals surface area contributed by atoms with Gasteiger partial charge in [0.2, 0.25) is 5.88 Å². The predicted octanol–water partition coefficient (Wildman–Crippen LogP) is -0.0720. The molecule has 1 aromatic heterocycles. The number of rotatable bonds is 0. The molecule has 1 rings (SSSR count). The Kier molecular flexibility index (Phi) is 2.27. The normalized spacial score (nSPS) is 8.73. The van der Waals surface area contributed by atoms with Crippen LogP contribution in [0.25, 0.3) is 0 Å². The van der Waals surface area contributed by atoms with Crippen molar-refractivity contribution in [3.8, 4) is 5.88 Å². The lowest BCUT2D eigenvalue weighted by atomic mass is 10.6. The van der Waals surface area contributed by atoms with Gasteiger partial charge in [-0.05, 0) is 6.07 Å². The first kappa shape index (κ1) is 7.33. The Labute approximate surface area is 62.0 Å². The van der Waals surface area contributed by atoms with Gasteiger partial charge in [-0.15, -0.1) is 0 Å². The van der Waals surface area contributed by atoms with Crippen LogP contribution in [0.1, 0.15) is 0 Å². The van der Waals surface area contributed by atoms with Gasteiger partial charge in [0.15, 0.2) is 0 Å². The van der Waals surface area contributed by atoms with Crippen LogP contribution in [0.4, 0.5) is 0 Å². The highest BCUT2D eigenvalue weighted by molar-refractivity contribution is 5.00. The van der Waals surface area contributed by atoms with E-state index < -0.39 is 5.56 Å². The van der Waals surface area contributed by atoms with E-state index in [-0.39, 0.29) is 5.88 Å². The summed E-state index contributed by atoms with van der Waals surface area (Å²) >= 11 is 0. The van der Waals surface area contributed by atoms with E-state index in [1.54, 1.807) is 0 Å². The van der Waals surface area contributed by atoms with Crippen molar-refractivity contribution >= 4 is 0 Å². The molecule has 58 valence electrons. The summed E-state index contributed by atoms with van der Waals surface area (Å²) in [5, 5.41) is 13.6. The fourth-order valence-electron chi connectivity index (χ4n) is 0.514. The number of H-pyrrole nitrogens is 2. The molecule has 0 atom stereocenters. The van der Waals surface area contributed by atoms with Crippen molar-refractivity contribution in [3.63, 3.8) is 0 Å². The first-order valence-electron chi connectivity index (χ1n) is 2.94. The van der Waals surface area contributed by atoms with Gasteiger partial charge in [-0.25, -0.2) is 4.98 Å². The highest BCUT2D eigenvalue weighted by Crippen LogP contribution is 1.89. The molecule has 5 heteroatoms. The second kappa shape index (κ2) is 3.40. The molecular weight excluding hydrogens is 146 g/mol. The summed E-state index contributed by atoms with van der Waals surface area (Å²) in [6, 6.07) is 2.51. The Bertz CT molecular complexity index is 327. The first-order chi connectivity index (χ1) is 5.29. The van der Waals surface area contributed by atoms with Crippen molar-refractivity contribution < 1.29 is 5.11 Å². The lowest BCUT2D eigenvalue weighted by Gasteiger charge is -1.76. The van der Waals surface area contributed by atoms with E-state index in [1.165, 1.54) is 18.5 Å². The number of aromatic amines is 2. The monoisotopic (exact) mass is 153 g/mol. The van der Waals surface area contributed by atoms with Crippen molar-refractivity contribution in [1.82, 2.24) is 15.2 Å². The molecule has 5 nitrogen and oxygen atoms in total. The molecule has 0 aliphatic heterocycles. The van der Waals surface area contributed by atoms with E-state index in [2.05, 4.69) is 15.2 Å². The number of nitrogens with zero attached hydrogens (tertiary/aromatic N) is 1. The van der Waals surface area contributed by atoms with E-state index in [0.717, 1.165) is 6.07 Å². The largest absolute Gasteiger partial charge is 0.493 e. The molecule has 3 N–H and O–H groups in total.